The molecular formula is C35H55N9O11. The number of phenolic OH excluding ortho intramolecular Hbond substituents is 1. The molecule has 306 valence electrons. The molecule has 0 unspecified atom stereocenters. The number of hydrogen-bond donors (Lipinski definition) is 10. The minimum Gasteiger partial charge on any atom is -0.508 e. The van der Waals surface area contributed by atoms with Gasteiger partial charge in [-0.05, 0) is 62.1 Å². The van der Waals surface area contributed by atoms with Gasteiger partial charge in [0.1, 0.15) is 29.9 Å². The minimum absolute atomic E-state index is 0.0145. The highest BCUT2D eigenvalue weighted by atomic mass is 16.4. The van der Waals surface area contributed by atoms with E-state index in [0.29, 0.717) is 23.3 Å². The molecule has 0 aromatic heterocycles. The summed E-state index contributed by atoms with van der Waals surface area (Å²) in [5, 5.41) is 38.9. The summed E-state index contributed by atoms with van der Waals surface area (Å²) in [6, 6.07) is -1.98. The van der Waals surface area contributed by atoms with E-state index in [-0.39, 0.29) is 56.4 Å². The summed E-state index contributed by atoms with van der Waals surface area (Å²) in [6.07, 6.45) is -0.823. The van der Waals surface area contributed by atoms with Crippen molar-refractivity contribution in [2.24, 2.45) is 28.1 Å². The zero-order chi connectivity index (χ0) is 41.8. The Morgan fingerprint density at radius 1 is 0.782 bits per heavy atom. The van der Waals surface area contributed by atoms with Crippen LogP contribution in [0.5, 0.6) is 5.75 Å². The molecule has 0 spiro atoms. The predicted octanol–water partition coefficient (Wildman–Crippen LogP) is -1.57. The summed E-state index contributed by atoms with van der Waals surface area (Å²) >= 11 is 0. The Kier molecular flexibility index (Phi) is 20.4. The number of carbonyl (C=O) groups excluding carboxylic acids is 6. The van der Waals surface area contributed by atoms with Crippen molar-refractivity contribution in [2.45, 2.75) is 109 Å². The largest absolute Gasteiger partial charge is 0.508 e. The SMILES string of the molecule is CC(=O)NCCCC[C@H](N)C(=O)N(C(=O)[C@H](CCCN=C(N)N)NC(C)=O)[C@@H](CCC(=O)O)C(=O)N[C@H](C(=O)N[C@@H](Cc1ccc(O)cc1)C(=O)O)C(C)C. The Morgan fingerprint density at radius 2 is 1.42 bits per heavy atom. The third kappa shape index (κ3) is 17.7. The van der Waals surface area contributed by atoms with Crippen molar-refractivity contribution in [2.75, 3.05) is 13.1 Å². The number of carboxylic acids is 2. The average Bonchev–Trinajstić information content (AvgIpc) is 3.09. The molecule has 0 bridgehead atoms. The highest BCUT2D eigenvalue weighted by molar-refractivity contribution is 6.05. The highest BCUT2D eigenvalue weighted by Crippen LogP contribution is 2.18. The quantitative estimate of drug-likeness (QED) is 0.0322. The Hall–Kier alpha value is -5.79. The minimum atomic E-state index is -1.86. The standard InChI is InChI=1S/C35H55N9O11/c1-19(2)29(31(51)42-26(34(54)55)18-22-10-12-23(47)13-11-22)43-30(50)27(14-15-28(48)49)44(32(52)24(36)8-5-6-16-39-20(3)45)33(53)25(41-21(4)46)9-7-17-40-35(37)38/h10-13,19,24-27,29,47H,5-9,14-18,36H2,1-4H3,(H,39,45)(H,41,46)(H,42,51)(H,43,50)(H,48,49)(H,54,55)(H4,37,38,40)/t24-,25-,26-,27-,29-/m0/s1. The summed E-state index contributed by atoms with van der Waals surface area (Å²) in [5.74, 6) is -8.90. The molecule has 0 heterocycles. The van der Waals surface area contributed by atoms with Crippen molar-refractivity contribution in [3.63, 3.8) is 0 Å². The maximum Gasteiger partial charge on any atom is 0.326 e. The fourth-order valence-electron chi connectivity index (χ4n) is 5.40. The first-order valence-electron chi connectivity index (χ1n) is 17.8. The van der Waals surface area contributed by atoms with Crippen LogP contribution in [0.4, 0.5) is 0 Å². The van der Waals surface area contributed by atoms with Crippen LogP contribution in [0.15, 0.2) is 29.3 Å². The highest BCUT2D eigenvalue weighted by Gasteiger charge is 2.41. The zero-order valence-electron chi connectivity index (χ0n) is 31.6. The maximum atomic E-state index is 14.3. The summed E-state index contributed by atoms with van der Waals surface area (Å²) in [7, 11) is 0. The van der Waals surface area contributed by atoms with E-state index >= 15 is 0 Å². The first-order chi connectivity index (χ1) is 25.7. The lowest BCUT2D eigenvalue weighted by atomic mass is 9.98. The number of hydrogen-bond acceptors (Lipinski definition) is 11. The number of nitrogens with zero attached hydrogens (tertiary/aromatic N) is 2. The van der Waals surface area contributed by atoms with Crippen molar-refractivity contribution >= 4 is 53.3 Å². The van der Waals surface area contributed by atoms with Gasteiger partial charge in [0.2, 0.25) is 29.5 Å². The number of aliphatic carboxylic acids is 2. The number of benzene rings is 1. The van der Waals surface area contributed by atoms with Crippen molar-refractivity contribution in [3.8, 4) is 5.75 Å². The Morgan fingerprint density at radius 3 is 1.95 bits per heavy atom. The number of carbonyl (C=O) groups is 8. The van der Waals surface area contributed by atoms with E-state index in [4.69, 9.17) is 17.2 Å². The number of unbranched alkanes of at least 4 members (excludes halogenated alkanes) is 1. The van der Waals surface area contributed by atoms with Gasteiger partial charge in [0.05, 0.1) is 6.04 Å². The van der Waals surface area contributed by atoms with Crippen molar-refractivity contribution in [1.82, 2.24) is 26.2 Å². The molecule has 0 aliphatic heterocycles. The van der Waals surface area contributed by atoms with Crippen LogP contribution < -0.4 is 38.5 Å². The van der Waals surface area contributed by atoms with Crippen molar-refractivity contribution < 1.29 is 53.7 Å². The van der Waals surface area contributed by atoms with Gasteiger partial charge in [-0.25, -0.2) is 4.79 Å². The van der Waals surface area contributed by atoms with Crippen LogP contribution in [0.25, 0.3) is 0 Å². The third-order valence-corrected chi connectivity index (χ3v) is 8.21. The van der Waals surface area contributed by atoms with Gasteiger partial charge in [-0.2, -0.15) is 0 Å². The molecule has 20 heteroatoms. The van der Waals surface area contributed by atoms with E-state index < -0.39 is 90.4 Å². The molecule has 1 rings (SSSR count). The zero-order valence-corrected chi connectivity index (χ0v) is 31.6. The average molecular weight is 778 g/mol. The molecule has 0 saturated carbocycles. The summed E-state index contributed by atoms with van der Waals surface area (Å²) in [6.45, 7) is 5.85. The van der Waals surface area contributed by atoms with Crippen LogP contribution in [-0.4, -0.2) is 117 Å². The Bertz CT molecular complexity index is 1530. The van der Waals surface area contributed by atoms with Gasteiger partial charge >= 0.3 is 11.9 Å². The number of rotatable bonds is 24. The van der Waals surface area contributed by atoms with E-state index in [9.17, 15) is 53.7 Å². The van der Waals surface area contributed by atoms with Gasteiger partial charge in [-0.1, -0.05) is 26.0 Å². The molecule has 5 atom stereocenters. The summed E-state index contributed by atoms with van der Waals surface area (Å²) < 4.78 is 0. The topological polar surface area (TPSA) is 339 Å². The lowest BCUT2D eigenvalue weighted by Crippen LogP contribution is -2.63. The normalized spacial score (nSPS) is 13.6. The van der Waals surface area contributed by atoms with E-state index in [1.165, 1.54) is 31.2 Å². The number of imide groups is 1. The summed E-state index contributed by atoms with van der Waals surface area (Å²) in [5.41, 5.74) is 17.5. The molecule has 6 amide bonds. The Balaban J connectivity index is 3.59. The molecule has 0 aliphatic carbocycles. The molecule has 20 nitrogen and oxygen atoms in total. The van der Waals surface area contributed by atoms with E-state index in [2.05, 4.69) is 26.3 Å². The van der Waals surface area contributed by atoms with Gasteiger partial charge in [0, 0.05) is 39.8 Å². The molecule has 0 aliphatic rings. The van der Waals surface area contributed by atoms with Gasteiger partial charge in [-0.15, -0.1) is 0 Å². The van der Waals surface area contributed by atoms with Crippen LogP contribution in [-0.2, 0) is 44.8 Å². The number of nitrogens with two attached hydrogens (primary N) is 3. The van der Waals surface area contributed by atoms with Gasteiger partial charge in [0.25, 0.3) is 5.91 Å². The van der Waals surface area contributed by atoms with Crippen LogP contribution in [0.3, 0.4) is 0 Å². The molecular weight excluding hydrogens is 722 g/mol. The van der Waals surface area contributed by atoms with E-state index in [1.54, 1.807) is 13.8 Å². The van der Waals surface area contributed by atoms with Crippen molar-refractivity contribution in [3.05, 3.63) is 29.8 Å². The van der Waals surface area contributed by atoms with Crippen LogP contribution in [0.2, 0.25) is 0 Å². The number of nitrogens with one attached hydrogen (secondary N) is 4. The van der Waals surface area contributed by atoms with E-state index in [1.807, 2.05) is 0 Å². The second-order valence-corrected chi connectivity index (χ2v) is 13.3. The number of aromatic hydroxyl groups is 1. The van der Waals surface area contributed by atoms with Crippen molar-refractivity contribution in [1.29, 1.82) is 0 Å². The maximum absolute atomic E-state index is 14.3. The second kappa shape index (κ2) is 23.8. The van der Waals surface area contributed by atoms with Crippen LogP contribution in [0, 0.1) is 5.92 Å². The van der Waals surface area contributed by atoms with Crippen LogP contribution >= 0.6 is 0 Å². The molecule has 55 heavy (non-hydrogen) atoms. The molecule has 1 aromatic rings. The van der Waals surface area contributed by atoms with Gasteiger partial charge in [-0.3, -0.25) is 43.5 Å². The fraction of sp³-hybridized carbons (Fsp3) is 0.571. The number of aliphatic imine (C=N–C) groups is 1. The molecule has 13 N–H and O–H groups in total. The predicted molar refractivity (Wildman–Crippen MR) is 199 cm³/mol. The number of phenols is 1. The molecule has 0 radical (unpaired) electrons. The van der Waals surface area contributed by atoms with Gasteiger partial charge < -0.3 is 53.8 Å². The third-order valence-electron chi connectivity index (χ3n) is 8.21. The first-order valence-corrected chi connectivity index (χ1v) is 17.8. The number of guanidine groups is 1. The van der Waals surface area contributed by atoms with Crippen LogP contribution in [0.1, 0.15) is 78.2 Å². The Labute approximate surface area is 319 Å². The lowest BCUT2D eigenvalue weighted by molar-refractivity contribution is -0.156. The number of carboxylic acid groups (broad SMARTS) is 2. The smallest absolute Gasteiger partial charge is 0.326 e. The molecule has 1 aromatic carbocycles. The van der Waals surface area contributed by atoms with Gasteiger partial charge in [0.15, 0.2) is 5.96 Å². The molecule has 0 fully saturated rings. The van der Waals surface area contributed by atoms with E-state index in [0.717, 1.165) is 6.92 Å². The summed E-state index contributed by atoms with van der Waals surface area (Å²) in [4.78, 5) is 108. The first kappa shape index (κ1) is 47.2. The lowest BCUT2D eigenvalue weighted by Gasteiger charge is -2.35. The second-order valence-electron chi connectivity index (χ2n) is 13.3. The molecule has 0 saturated heterocycles. The fourth-order valence-corrected chi connectivity index (χ4v) is 5.40. The number of amides is 6. The monoisotopic (exact) mass is 777 g/mol.